The van der Waals surface area contributed by atoms with Gasteiger partial charge in [-0.05, 0) is 75.3 Å². The second-order valence-electron chi connectivity index (χ2n) is 13.7. The number of hydrazine groups is 1. The number of ether oxygens (including phenoxy) is 1. The lowest BCUT2D eigenvalue weighted by atomic mass is 9.66. The number of allylic oxidation sites excluding steroid dienone is 1. The van der Waals surface area contributed by atoms with Crippen molar-refractivity contribution in [2.75, 3.05) is 32.8 Å². The fraction of sp³-hybridized carbons (Fsp3) is 0.656. The number of aliphatic carboxylic acids is 1. The largest absolute Gasteiger partial charge is 0.484 e. The smallest absolute Gasteiger partial charge is 0.310 e. The van der Waals surface area contributed by atoms with Crippen LogP contribution in [0.2, 0.25) is 5.02 Å². The standard InChI is InChI=1S/C32H43ClFN5O5/c1-31(30(42)43)9-4-2-6-20(31)29(41)38-13-8-19-21(33)14-22(34)28(44-17-23(35)24-7-3-5-12-39(24)36)27(19)25(38)16-37-18-32(10-11-32)15-26(37)40/h14,20,25H,2-13,15-18,35-36H2,1H3,(H,42,43)/b24-23-/t20-,25?,31-/m0/s1. The van der Waals surface area contributed by atoms with E-state index in [1.807, 2.05) is 0 Å². The minimum absolute atomic E-state index is 0.00865. The molecule has 3 heterocycles. The summed E-state index contributed by atoms with van der Waals surface area (Å²) < 4.78 is 22.0. The van der Waals surface area contributed by atoms with Crippen LogP contribution in [-0.4, -0.2) is 70.5 Å². The van der Waals surface area contributed by atoms with Crippen molar-refractivity contribution in [3.8, 4) is 5.75 Å². The molecular weight excluding hydrogens is 589 g/mol. The van der Waals surface area contributed by atoms with Gasteiger partial charge in [-0.25, -0.2) is 10.2 Å². The van der Waals surface area contributed by atoms with Gasteiger partial charge < -0.3 is 30.4 Å². The maximum absolute atomic E-state index is 15.9. The second kappa shape index (κ2) is 11.7. The zero-order valence-corrected chi connectivity index (χ0v) is 26.1. The van der Waals surface area contributed by atoms with Gasteiger partial charge in [-0.3, -0.25) is 14.4 Å². The number of nitrogens with two attached hydrogens (primary N) is 2. The molecule has 1 aromatic carbocycles. The number of fused-ring (bicyclic) bond motifs is 1. The van der Waals surface area contributed by atoms with E-state index in [-0.39, 0.29) is 47.7 Å². The van der Waals surface area contributed by atoms with E-state index in [0.29, 0.717) is 62.0 Å². The zero-order valence-electron chi connectivity index (χ0n) is 25.4. The normalized spacial score (nSPS) is 29.1. The number of carboxylic acids is 1. The molecule has 0 bridgehead atoms. The van der Waals surface area contributed by atoms with Crippen molar-refractivity contribution in [2.45, 2.75) is 83.6 Å². The van der Waals surface area contributed by atoms with Gasteiger partial charge in [0.1, 0.15) is 6.61 Å². The van der Waals surface area contributed by atoms with Crippen LogP contribution in [0, 0.1) is 22.6 Å². The van der Waals surface area contributed by atoms with Crippen molar-refractivity contribution >= 4 is 29.4 Å². The van der Waals surface area contributed by atoms with Gasteiger partial charge in [-0.2, -0.15) is 0 Å². The van der Waals surface area contributed by atoms with E-state index >= 15 is 4.39 Å². The molecule has 240 valence electrons. The molecule has 1 spiro atoms. The fourth-order valence-corrected chi connectivity index (χ4v) is 8.19. The average molecular weight is 632 g/mol. The average Bonchev–Trinajstić information content (AvgIpc) is 3.67. The summed E-state index contributed by atoms with van der Waals surface area (Å²) in [5.74, 6) is 3.42. The summed E-state index contributed by atoms with van der Waals surface area (Å²) in [5, 5.41) is 12.0. The topological polar surface area (TPSA) is 142 Å². The number of carbonyl (C=O) groups is 3. The zero-order chi connectivity index (χ0) is 31.4. The van der Waals surface area contributed by atoms with Gasteiger partial charge in [0.15, 0.2) is 11.6 Å². The van der Waals surface area contributed by atoms with Crippen LogP contribution in [0.3, 0.4) is 0 Å². The van der Waals surface area contributed by atoms with E-state index in [9.17, 15) is 19.5 Å². The maximum Gasteiger partial charge on any atom is 0.310 e. The Morgan fingerprint density at radius 2 is 1.93 bits per heavy atom. The van der Waals surface area contributed by atoms with Gasteiger partial charge in [0.25, 0.3) is 0 Å². The van der Waals surface area contributed by atoms with Crippen LogP contribution in [0.25, 0.3) is 0 Å². The number of nitrogens with zero attached hydrogens (tertiary/aromatic N) is 3. The molecule has 5 aliphatic rings. The summed E-state index contributed by atoms with van der Waals surface area (Å²) in [7, 11) is 0. The molecule has 1 aromatic rings. The molecule has 2 amide bonds. The van der Waals surface area contributed by atoms with Crippen molar-refractivity contribution in [3.05, 3.63) is 39.4 Å². The lowest BCUT2D eigenvalue weighted by Gasteiger charge is -2.45. The van der Waals surface area contributed by atoms with Crippen molar-refractivity contribution in [2.24, 2.45) is 28.3 Å². The van der Waals surface area contributed by atoms with Gasteiger partial charge in [0.05, 0.1) is 28.8 Å². The maximum atomic E-state index is 15.9. The van der Waals surface area contributed by atoms with Crippen LogP contribution in [0.1, 0.15) is 88.3 Å². The Hall–Kier alpha value is -3.05. The first-order valence-corrected chi connectivity index (χ1v) is 16.3. The molecule has 12 heteroatoms. The first kappa shape index (κ1) is 31.0. The number of hydrogen-bond donors (Lipinski definition) is 3. The molecule has 3 aliphatic heterocycles. The Balaban J connectivity index is 1.39. The van der Waals surface area contributed by atoms with Crippen LogP contribution >= 0.6 is 11.6 Å². The number of hydrogen-bond acceptors (Lipinski definition) is 7. The molecule has 2 saturated carbocycles. The monoisotopic (exact) mass is 631 g/mol. The molecule has 6 rings (SSSR count). The van der Waals surface area contributed by atoms with E-state index < -0.39 is 29.2 Å². The second-order valence-corrected chi connectivity index (χ2v) is 14.1. The van der Waals surface area contributed by atoms with Crippen LogP contribution < -0.4 is 16.3 Å². The Morgan fingerprint density at radius 1 is 1.16 bits per heavy atom. The number of likely N-dealkylation sites (tertiary alicyclic amines) is 1. The Bertz CT molecular complexity index is 1400. The van der Waals surface area contributed by atoms with Gasteiger partial charge in [-0.1, -0.05) is 24.4 Å². The van der Waals surface area contributed by atoms with Crippen molar-refractivity contribution in [1.82, 2.24) is 14.8 Å². The molecule has 44 heavy (non-hydrogen) atoms. The first-order valence-electron chi connectivity index (χ1n) is 15.9. The first-order chi connectivity index (χ1) is 20.9. The third-order valence-electron chi connectivity index (χ3n) is 10.8. The number of carbonyl (C=O) groups excluding carboxylic acids is 2. The van der Waals surface area contributed by atoms with E-state index in [0.717, 1.165) is 44.2 Å². The van der Waals surface area contributed by atoms with E-state index in [1.165, 1.54) is 6.07 Å². The molecule has 10 nitrogen and oxygen atoms in total. The summed E-state index contributed by atoms with van der Waals surface area (Å²) >= 11 is 6.64. The van der Waals surface area contributed by atoms with E-state index in [2.05, 4.69) is 0 Å². The number of benzene rings is 1. The minimum Gasteiger partial charge on any atom is -0.484 e. The molecule has 3 atom stereocenters. The quantitative estimate of drug-likeness (QED) is 0.382. The van der Waals surface area contributed by atoms with Crippen molar-refractivity contribution in [3.63, 3.8) is 0 Å². The summed E-state index contributed by atoms with van der Waals surface area (Å²) in [6, 6.07) is 0.466. The lowest BCUT2D eigenvalue weighted by molar-refractivity contribution is -0.162. The highest BCUT2D eigenvalue weighted by molar-refractivity contribution is 6.31. The third-order valence-corrected chi connectivity index (χ3v) is 11.2. The number of carboxylic acid groups (broad SMARTS) is 1. The van der Waals surface area contributed by atoms with Gasteiger partial charge in [-0.15, -0.1) is 0 Å². The van der Waals surface area contributed by atoms with E-state index in [1.54, 1.807) is 21.7 Å². The van der Waals surface area contributed by atoms with Crippen LogP contribution in [0.15, 0.2) is 17.5 Å². The SMILES string of the molecule is C[C@]1(C(=O)O)CCCC[C@H]1C(=O)N1CCc2c(Cl)cc(F)c(OC/C(N)=C3\CCCCN3N)c2C1CN1CC2(CC2)CC1=O. The molecule has 1 unspecified atom stereocenters. The summed E-state index contributed by atoms with van der Waals surface area (Å²) in [6.07, 6.45) is 7.72. The Labute approximate surface area is 262 Å². The number of halogens is 2. The molecule has 0 radical (unpaired) electrons. The van der Waals surface area contributed by atoms with Crippen molar-refractivity contribution < 1.29 is 28.6 Å². The van der Waals surface area contributed by atoms with Crippen LogP contribution in [0.5, 0.6) is 5.75 Å². The van der Waals surface area contributed by atoms with Crippen LogP contribution in [0.4, 0.5) is 4.39 Å². The van der Waals surface area contributed by atoms with Gasteiger partial charge in [0, 0.05) is 43.2 Å². The molecule has 4 fully saturated rings. The van der Waals surface area contributed by atoms with Crippen LogP contribution in [-0.2, 0) is 20.8 Å². The molecule has 5 N–H and O–H groups in total. The van der Waals surface area contributed by atoms with Crippen molar-refractivity contribution in [1.29, 1.82) is 0 Å². The lowest BCUT2D eigenvalue weighted by Crippen LogP contribution is -2.52. The predicted molar refractivity (Wildman–Crippen MR) is 162 cm³/mol. The highest BCUT2D eigenvalue weighted by Gasteiger charge is 2.54. The minimum atomic E-state index is -1.21. The summed E-state index contributed by atoms with van der Waals surface area (Å²) in [4.78, 5) is 43.5. The van der Waals surface area contributed by atoms with Gasteiger partial charge in [0.2, 0.25) is 11.8 Å². The molecule has 2 saturated heterocycles. The van der Waals surface area contributed by atoms with E-state index in [4.69, 9.17) is 27.9 Å². The molecular formula is C32H43ClFN5O5. The number of amides is 2. The highest BCUT2D eigenvalue weighted by atomic mass is 35.5. The predicted octanol–water partition coefficient (Wildman–Crippen LogP) is 4.11. The third kappa shape index (κ3) is 5.50. The van der Waals surface area contributed by atoms with Gasteiger partial charge >= 0.3 is 5.97 Å². The summed E-state index contributed by atoms with van der Waals surface area (Å²) in [5.41, 5.74) is 7.44. The number of rotatable bonds is 7. The fourth-order valence-electron chi connectivity index (χ4n) is 7.89. The number of piperidine rings is 1. The molecule has 0 aromatic heterocycles. The Morgan fingerprint density at radius 3 is 2.61 bits per heavy atom. The summed E-state index contributed by atoms with van der Waals surface area (Å²) in [6.45, 7) is 3.22. The molecule has 2 aliphatic carbocycles. The Kier molecular flexibility index (Phi) is 8.24. The highest BCUT2D eigenvalue weighted by Crippen LogP contribution is 2.54.